The van der Waals surface area contributed by atoms with Gasteiger partial charge < -0.3 is 5.32 Å². The molecule has 0 atom stereocenters. The number of hydrogen-bond donors (Lipinski definition) is 1. The van der Waals surface area contributed by atoms with Gasteiger partial charge in [-0.25, -0.2) is 0 Å². The van der Waals surface area contributed by atoms with Crippen molar-refractivity contribution in [2.45, 2.75) is 23.6 Å². The van der Waals surface area contributed by atoms with Gasteiger partial charge in [0.25, 0.3) is 0 Å². The van der Waals surface area contributed by atoms with Crippen LogP contribution in [0.2, 0.25) is 0 Å². The molecule has 0 saturated carbocycles. The van der Waals surface area contributed by atoms with E-state index >= 15 is 0 Å². The summed E-state index contributed by atoms with van der Waals surface area (Å²) in [6, 6.07) is 11.4. The van der Waals surface area contributed by atoms with Gasteiger partial charge in [-0.15, -0.1) is 0 Å². The second kappa shape index (κ2) is 5.96. The SMILES string of the molecule is CNc1cccc(Sc2ccc(C)cc2C)c1[N+](=O)[O-]. The highest BCUT2D eigenvalue weighted by atomic mass is 32.2. The van der Waals surface area contributed by atoms with E-state index in [-0.39, 0.29) is 10.6 Å². The lowest BCUT2D eigenvalue weighted by Crippen LogP contribution is -1.98. The number of para-hydroxylation sites is 1. The molecule has 0 amide bonds. The van der Waals surface area contributed by atoms with Crippen LogP contribution >= 0.6 is 11.8 Å². The standard InChI is InChI=1S/C15H16N2O2S/c1-10-7-8-13(11(2)9-10)20-14-6-4-5-12(16-3)15(14)17(18)19/h4-9,16H,1-3H3. The molecule has 0 unspecified atom stereocenters. The maximum atomic E-state index is 11.3. The summed E-state index contributed by atoms with van der Waals surface area (Å²) in [6.45, 7) is 4.05. The Hall–Kier alpha value is -2.01. The minimum absolute atomic E-state index is 0.125. The second-order valence-corrected chi connectivity index (χ2v) is 5.61. The summed E-state index contributed by atoms with van der Waals surface area (Å²) in [5.74, 6) is 0. The van der Waals surface area contributed by atoms with Gasteiger partial charge in [0.1, 0.15) is 5.69 Å². The van der Waals surface area contributed by atoms with Gasteiger partial charge in [0.15, 0.2) is 0 Å². The monoisotopic (exact) mass is 288 g/mol. The summed E-state index contributed by atoms with van der Waals surface area (Å²) in [5, 5.41) is 14.2. The van der Waals surface area contributed by atoms with Crippen molar-refractivity contribution in [1.82, 2.24) is 0 Å². The van der Waals surface area contributed by atoms with Gasteiger partial charge in [0.05, 0.1) is 9.82 Å². The molecule has 2 rings (SSSR count). The summed E-state index contributed by atoms with van der Waals surface area (Å²) in [6.07, 6.45) is 0. The molecule has 20 heavy (non-hydrogen) atoms. The zero-order chi connectivity index (χ0) is 14.7. The van der Waals surface area contributed by atoms with Crippen molar-refractivity contribution in [2.75, 3.05) is 12.4 Å². The number of nitro benzene ring substituents is 1. The molecule has 0 aliphatic rings. The Morgan fingerprint density at radius 3 is 2.50 bits per heavy atom. The van der Waals surface area contributed by atoms with Gasteiger partial charge >= 0.3 is 5.69 Å². The first kappa shape index (κ1) is 14.4. The van der Waals surface area contributed by atoms with Crippen LogP contribution in [0.5, 0.6) is 0 Å². The minimum atomic E-state index is -0.336. The molecule has 1 N–H and O–H groups in total. The maximum Gasteiger partial charge on any atom is 0.306 e. The number of anilines is 1. The number of nitrogens with one attached hydrogen (secondary N) is 1. The average molecular weight is 288 g/mol. The third kappa shape index (κ3) is 2.93. The van der Waals surface area contributed by atoms with E-state index in [9.17, 15) is 10.1 Å². The van der Waals surface area contributed by atoms with Crippen LogP contribution in [-0.4, -0.2) is 12.0 Å². The van der Waals surface area contributed by atoms with Gasteiger partial charge in [0, 0.05) is 11.9 Å². The molecular formula is C15H16N2O2S. The number of nitrogens with zero attached hydrogens (tertiary/aromatic N) is 1. The van der Waals surface area contributed by atoms with E-state index in [0.717, 1.165) is 10.5 Å². The van der Waals surface area contributed by atoms with Crippen LogP contribution in [0.3, 0.4) is 0 Å². The molecule has 0 bridgehead atoms. The van der Waals surface area contributed by atoms with E-state index in [2.05, 4.69) is 11.4 Å². The first-order valence-corrected chi connectivity index (χ1v) is 7.05. The first-order valence-electron chi connectivity index (χ1n) is 6.23. The van der Waals surface area contributed by atoms with Crippen LogP contribution in [0.4, 0.5) is 11.4 Å². The van der Waals surface area contributed by atoms with Crippen LogP contribution in [0.1, 0.15) is 11.1 Å². The molecule has 5 heteroatoms. The lowest BCUT2D eigenvalue weighted by molar-refractivity contribution is -0.386. The summed E-state index contributed by atoms with van der Waals surface area (Å²) in [4.78, 5) is 12.6. The molecule has 4 nitrogen and oxygen atoms in total. The fourth-order valence-electron chi connectivity index (χ4n) is 2.03. The summed E-state index contributed by atoms with van der Waals surface area (Å²) >= 11 is 1.43. The highest BCUT2D eigenvalue weighted by molar-refractivity contribution is 7.99. The van der Waals surface area contributed by atoms with Crippen LogP contribution in [-0.2, 0) is 0 Å². The van der Waals surface area contributed by atoms with Crippen molar-refractivity contribution < 1.29 is 4.92 Å². The van der Waals surface area contributed by atoms with Crippen molar-refractivity contribution in [3.8, 4) is 0 Å². The normalized spacial score (nSPS) is 10.3. The van der Waals surface area contributed by atoms with E-state index in [1.54, 1.807) is 19.2 Å². The number of benzene rings is 2. The quantitative estimate of drug-likeness (QED) is 0.669. The van der Waals surface area contributed by atoms with E-state index in [0.29, 0.717) is 10.6 Å². The predicted octanol–water partition coefficient (Wildman–Crippen LogP) is 4.40. The van der Waals surface area contributed by atoms with Crippen molar-refractivity contribution in [3.63, 3.8) is 0 Å². The molecule has 0 aromatic heterocycles. The minimum Gasteiger partial charge on any atom is -0.383 e. The van der Waals surface area contributed by atoms with Crippen molar-refractivity contribution in [1.29, 1.82) is 0 Å². The number of aryl methyl sites for hydroxylation is 2. The van der Waals surface area contributed by atoms with E-state index < -0.39 is 0 Å². The molecule has 2 aromatic rings. The zero-order valence-electron chi connectivity index (χ0n) is 11.6. The van der Waals surface area contributed by atoms with Gasteiger partial charge in [-0.3, -0.25) is 10.1 Å². The van der Waals surface area contributed by atoms with Gasteiger partial charge in [0.2, 0.25) is 0 Å². The van der Waals surface area contributed by atoms with Crippen LogP contribution in [0, 0.1) is 24.0 Å². The van der Waals surface area contributed by atoms with Crippen LogP contribution in [0.15, 0.2) is 46.2 Å². The Morgan fingerprint density at radius 1 is 1.15 bits per heavy atom. The summed E-state index contributed by atoms with van der Waals surface area (Å²) in [5.41, 5.74) is 2.97. The number of nitro groups is 1. The van der Waals surface area contributed by atoms with Gasteiger partial charge in [-0.05, 0) is 37.6 Å². The van der Waals surface area contributed by atoms with E-state index in [4.69, 9.17) is 0 Å². The maximum absolute atomic E-state index is 11.3. The molecule has 0 saturated heterocycles. The molecule has 0 heterocycles. The highest BCUT2D eigenvalue weighted by Crippen LogP contribution is 2.40. The third-order valence-corrected chi connectivity index (χ3v) is 4.23. The smallest absolute Gasteiger partial charge is 0.306 e. The molecular weight excluding hydrogens is 272 g/mol. The summed E-state index contributed by atoms with van der Waals surface area (Å²) in [7, 11) is 1.69. The molecule has 2 aromatic carbocycles. The highest BCUT2D eigenvalue weighted by Gasteiger charge is 2.20. The molecule has 0 aliphatic carbocycles. The first-order chi connectivity index (χ1) is 9.52. The predicted molar refractivity (Wildman–Crippen MR) is 82.7 cm³/mol. The molecule has 0 radical (unpaired) electrons. The lowest BCUT2D eigenvalue weighted by atomic mass is 10.2. The molecule has 0 spiro atoms. The Labute approximate surface area is 122 Å². The topological polar surface area (TPSA) is 55.2 Å². The Morgan fingerprint density at radius 2 is 1.90 bits per heavy atom. The largest absolute Gasteiger partial charge is 0.383 e. The Balaban J connectivity index is 2.45. The number of hydrogen-bond acceptors (Lipinski definition) is 4. The van der Waals surface area contributed by atoms with Crippen molar-refractivity contribution >= 4 is 23.1 Å². The Kier molecular flexibility index (Phi) is 4.29. The zero-order valence-corrected chi connectivity index (χ0v) is 12.5. The van der Waals surface area contributed by atoms with Gasteiger partial charge in [-0.1, -0.05) is 35.5 Å². The third-order valence-electron chi connectivity index (χ3n) is 3.00. The van der Waals surface area contributed by atoms with E-state index in [1.807, 2.05) is 32.0 Å². The molecule has 0 aliphatic heterocycles. The summed E-state index contributed by atoms with van der Waals surface area (Å²) < 4.78 is 0. The molecule has 104 valence electrons. The van der Waals surface area contributed by atoms with E-state index in [1.165, 1.54) is 17.3 Å². The fourth-order valence-corrected chi connectivity index (χ4v) is 3.05. The Bertz CT molecular complexity index is 656. The van der Waals surface area contributed by atoms with Crippen molar-refractivity contribution in [2.24, 2.45) is 0 Å². The average Bonchev–Trinajstić information content (AvgIpc) is 2.41. The second-order valence-electron chi connectivity index (χ2n) is 4.53. The van der Waals surface area contributed by atoms with Crippen molar-refractivity contribution in [3.05, 3.63) is 57.6 Å². The van der Waals surface area contributed by atoms with Gasteiger partial charge in [-0.2, -0.15) is 0 Å². The van der Waals surface area contributed by atoms with Crippen LogP contribution in [0.25, 0.3) is 0 Å². The lowest BCUT2D eigenvalue weighted by Gasteiger charge is -2.09. The fraction of sp³-hybridized carbons (Fsp3) is 0.200. The molecule has 0 fully saturated rings. The number of rotatable bonds is 4. The van der Waals surface area contributed by atoms with Crippen LogP contribution < -0.4 is 5.32 Å².